The normalized spacial score (nSPS) is 11.9. The Hall–Kier alpha value is -3.80. The second-order valence-corrected chi connectivity index (χ2v) is 8.08. The van der Waals surface area contributed by atoms with Crippen molar-refractivity contribution in [1.29, 1.82) is 0 Å². The highest BCUT2D eigenvalue weighted by atomic mass is 16.5. The quantitative estimate of drug-likeness (QED) is 0.405. The molecule has 33 heavy (non-hydrogen) atoms. The van der Waals surface area contributed by atoms with E-state index < -0.39 is 0 Å². The van der Waals surface area contributed by atoms with Crippen molar-refractivity contribution in [3.8, 4) is 11.5 Å². The van der Waals surface area contributed by atoms with Crippen LogP contribution in [0.25, 0.3) is 11.0 Å². The number of nitrogens with one attached hydrogen (secondary N) is 1. The fourth-order valence-corrected chi connectivity index (χ4v) is 3.90. The Balaban J connectivity index is 1.55. The fourth-order valence-electron chi connectivity index (χ4n) is 3.90. The first-order valence-corrected chi connectivity index (χ1v) is 11.1. The highest BCUT2D eigenvalue weighted by Crippen LogP contribution is 2.23. The van der Waals surface area contributed by atoms with Crippen molar-refractivity contribution >= 4 is 16.9 Å². The van der Waals surface area contributed by atoms with Gasteiger partial charge >= 0.3 is 0 Å². The zero-order chi connectivity index (χ0) is 23.4. The van der Waals surface area contributed by atoms with E-state index in [0.717, 1.165) is 28.2 Å². The summed E-state index contributed by atoms with van der Waals surface area (Å²) in [4.78, 5) is 17.7. The summed E-state index contributed by atoms with van der Waals surface area (Å²) in [6, 6.07) is 20.9. The average molecular weight is 444 g/mol. The second kappa shape index (κ2) is 9.77. The SMILES string of the molecule is COc1cccc(C(=O)NC(C)c2nc3ccccc3n2CCOc2cccc(C)c2C)c1. The predicted molar refractivity (Wildman–Crippen MR) is 130 cm³/mol. The molecule has 0 bridgehead atoms. The number of imidazole rings is 1. The molecule has 0 saturated carbocycles. The molecule has 0 radical (unpaired) electrons. The Labute approximate surface area is 194 Å². The van der Waals surface area contributed by atoms with Gasteiger partial charge in [-0.1, -0.05) is 30.3 Å². The first-order chi connectivity index (χ1) is 16.0. The average Bonchev–Trinajstić information content (AvgIpc) is 3.20. The maximum absolute atomic E-state index is 12.9. The van der Waals surface area contributed by atoms with E-state index >= 15 is 0 Å². The lowest BCUT2D eigenvalue weighted by atomic mass is 10.1. The molecule has 0 aliphatic heterocycles. The van der Waals surface area contributed by atoms with Crippen LogP contribution in [0, 0.1) is 13.8 Å². The van der Waals surface area contributed by atoms with Gasteiger partial charge in [0.1, 0.15) is 23.9 Å². The van der Waals surface area contributed by atoms with E-state index in [0.29, 0.717) is 24.5 Å². The zero-order valence-electron chi connectivity index (χ0n) is 19.5. The third-order valence-electron chi connectivity index (χ3n) is 5.88. The molecule has 1 heterocycles. The molecule has 6 heteroatoms. The minimum Gasteiger partial charge on any atom is -0.497 e. The molecule has 170 valence electrons. The van der Waals surface area contributed by atoms with Crippen LogP contribution >= 0.6 is 0 Å². The number of fused-ring (bicyclic) bond motifs is 1. The summed E-state index contributed by atoms with van der Waals surface area (Å²) in [5.74, 6) is 2.15. The van der Waals surface area contributed by atoms with E-state index in [1.165, 1.54) is 5.56 Å². The van der Waals surface area contributed by atoms with Gasteiger partial charge in [-0.25, -0.2) is 4.98 Å². The van der Waals surface area contributed by atoms with Crippen LogP contribution in [0.15, 0.2) is 66.7 Å². The van der Waals surface area contributed by atoms with Crippen molar-refractivity contribution in [2.24, 2.45) is 0 Å². The summed E-state index contributed by atoms with van der Waals surface area (Å²) in [6.45, 7) is 7.20. The number of benzene rings is 3. The van der Waals surface area contributed by atoms with Gasteiger partial charge in [-0.3, -0.25) is 4.79 Å². The summed E-state index contributed by atoms with van der Waals surface area (Å²) in [5.41, 5.74) is 4.80. The molecule has 1 N–H and O–H groups in total. The number of aryl methyl sites for hydroxylation is 1. The molecule has 1 amide bonds. The van der Waals surface area contributed by atoms with Crippen LogP contribution in [-0.2, 0) is 6.54 Å². The van der Waals surface area contributed by atoms with E-state index in [4.69, 9.17) is 14.5 Å². The highest BCUT2D eigenvalue weighted by molar-refractivity contribution is 5.94. The van der Waals surface area contributed by atoms with Gasteiger partial charge in [-0.05, 0) is 68.3 Å². The third kappa shape index (κ3) is 4.85. The van der Waals surface area contributed by atoms with Gasteiger partial charge in [-0.2, -0.15) is 0 Å². The van der Waals surface area contributed by atoms with Gasteiger partial charge < -0.3 is 19.4 Å². The molecule has 1 aromatic heterocycles. The Morgan fingerprint density at radius 1 is 1.06 bits per heavy atom. The third-order valence-corrected chi connectivity index (χ3v) is 5.88. The van der Waals surface area contributed by atoms with Crippen molar-refractivity contribution < 1.29 is 14.3 Å². The largest absolute Gasteiger partial charge is 0.497 e. The molecule has 0 fully saturated rings. The number of rotatable bonds is 8. The van der Waals surface area contributed by atoms with Crippen LogP contribution in [0.2, 0.25) is 0 Å². The first kappa shape index (κ1) is 22.4. The molecule has 4 aromatic rings. The van der Waals surface area contributed by atoms with Crippen LogP contribution in [0.5, 0.6) is 11.5 Å². The van der Waals surface area contributed by atoms with Crippen molar-refractivity contribution in [2.75, 3.05) is 13.7 Å². The molecular formula is C27H29N3O3. The van der Waals surface area contributed by atoms with Gasteiger partial charge in [0, 0.05) is 5.56 Å². The fraction of sp³-hybridized carbons (Fsp3) is 0.259. The van der Waals surface area contributed by atoms with Crippen LogP contribution in [-0.4, -0.2) is 29.2 Å². The van der Waals surface area contributed by atoms with Gasteiger partial charge in [0.2, 0.25) is 0 Å². The van der Waals surface area contributed by atoms with E-state index in [-0.39, 0.29) is 11.9 Å². The summed E-state index contributed by atoms with van der Waals surface area (Å²) in [6.07, 6.45) is 0. The highest BCUT2D eigenvalue weighted by Gasteiger charge is 2.19. The number of methoxy groups -OCH3 is 1. The Bertz CT molecular complexity index is 1280. The lowest BCUT2D eigenvalue weighted by Crippen LogP contribution is -2.29. The molecule has 1 atom stereocenters. The Morgan fingerprint density at radius 3 is 2.67 bits per heavy atom. The van der Waals surface area contributed by atoms with E-state index in [1.807, 2.05) is 49.4 Å². The van der Waals surface area contributed by atoms with E-state index in [9.17, 15) is 4.79 Å². The number of carbonyl (C=O) groups excluding carboxylic acids is 1. The van der Waals surface area contributed by atoms with Crippen LogP contribution < -0.4 is 14.8 Å². The predicted octanol–water partition coefficient (Wildman–Crippen LogP) is 5.23. The first-order valence-electron chi connectivity index (χ1n) is 11.1. The maximum Gasteiger partial charge on any atom is 0.251 e. The topological polar surface area (TPSA) is 65.4 Å². The van der Waals surface area contributed by atoms with Gasteiger partial charge in [0.25, 0.3) is 5.91 Å². The molecule has 4 rings (SSSR count). The number of amides is 1. The molecule has 0 aliphatic carbocycles. The summed E-state index contributed by atoms with van der Waals surface area (Å²) >= 11 is 0. The molecule has 1 unspecified atom stereocenters. The van der Waals surface area contributed by atoms with Crippen LogP contribution in [0.1, 0.15) is 40.3 Å². The maximum atomic E-state index is 12.9. The van der Waals surface area contributed by atoms with Crippen molar-refractivity contribution in [3.05, 3.63) is 89.2 Å². The van der Waals surface area contributed by atoms with Crippen LogP contribution in [0.3, 0.4) is 0 Å². The summed E-state index contributed by atoms with van der Waals surface area (Å²) in [7, 11) is 1.59. The summed E-state index contributed by atoms with van der Waals surface area (Å²) < 4.78 is 13.5. The number of hydrogen-bond acceptors (Lipinski definition) is 4. The molecular weight excluding hydrogens is 414 g/mol. The minimum absolute atomic E-state index is 0.174. The lowest BCUT2D eigenvalue weighted by Gasteiger charge is -2.17. The lowest BCUT2D eigenvalue weighted by molar-refractivity contribution is 0.0937. The van der Waals surface area contributed by atoms with Gasteiger partial charge in [0.05, 0.1) is 30.7 Å². The molecule has 0 aliphatic rings. The monoisotopic (exact) mass is 443 g/mol. The molecule has 0 spiro atoms. The Morgan fingerprint density at radius 2 is 1.85 bits per heavy atom. The summed E-state index contributed by atoms with van der Waals surface area (Å²) in [5, 5.41) is 3.07. The van der Waals surface area contributed by atoms with Crippen molar-refractivity contribution in [1.82, 2.24) is 14.9 Å². The Kier molecular flexibility index (Phi) is 6.63. The number of ether oxygens (including phenoxy) is 2. The number of hydrogen-bond donors (Lipinski definition) is 1. The minimum atomic E-state index is -0.295. The smallest absolute Gasteiger partial charge is 0.251 e. The second-order valence-electron chi connectivity index (χ2n) is 8.08. The van der Waals surface area contributed by atoms with Gasteiger partial charge in [-0.15, -0.1) is 0 Å². The standard InChI is InChI=1S/C27H29N3O3/c1-18-9-7-14-25(19(18)2)33-16-15-30-24-13-6-5-12-23(24)29-26(30)20(3)28-27(31)21-10-8-11-22(17-21)32-4/h5-14,17,20H,15-16H2,1-4H3,(H,28,31). The van der Waals surface area contributed by atoms with E-state index in [1.54, 1.807) is 25.3 Å². The molecule has 3 aromatic carbocycles. The number of nitrogens with zero attached hydrogens (tertiary/aromatic N) is 2. The molecule has 6 nitrogen and oxygen atoms in total. The zero-order valence-corrected chi connectivity index (χ0v) is 19.5. The number of aromatic nitrogens is 2. The van der Waals surface area contributed by atoms with Crippen LogP contribution in [0.4, 0.5) is 0 Å². The van der Waals surface area contributed by atoms with Crippen molar-refractivity contribution in [3.63, 3.8) is 0 Å². The molecule has 0 saturated heterocycles. The van der Waals surface area contributed by atoms with E-state index in [2.05, 4.69) is 29.8 Å². The van der Waals surface area contributed by atoms with Crippen molar-refractivity contribution in [2.45, 2.75) is 33.4 Å². The van der Waals surface area contributed by atoms with Gasteiger partial charge in [0.15, 0.2) is 0 Å². The number of para-hydroxylation sites is 2. The number of carbonyl (C=O) groups is 1.